The summed E-state index contributed by atoms with van der Waals surface area (Å²) in [6.45, 7) is 3.16. The summed E-state index contributed by atoms with van der Waals surface area (Å²) in [5.74, 6) is 0.270. The second-order valence-corrected chi connectivity index (χ2v) is 6.17. The third-order valence-corrected chi connectivity index (χ3v) is 4.42. The summed E-state index contributed by atoms with van der Waals surface area (Å²) in [6.07, 6.45) is 4.34. The molecule has 23 heavy (non-hydrogen) atoms. The van der Waals surface area contributed by atoms with Gasteiger partial charge in [0.1, 0.15) is 0 Å². The number of Topliss-reactive ketones (excluding diaryl/α,β-unsaturated/α-hetero) is 1. The standard InChI is InChI=1S/C19H24N2O2/c1-14-12-17-18(8-5-9-19(17)23)21(14)16-7-4-6-15(13-16)20-10-2-3-11-22/h4,6-7,12-13,20,22H,2-3,5,8-11H2,1H3. The van der Waals surface area contributed by atoms with Crippen molar-refractivity contribution in [2.24, 2.45) is 0 Å². The van der Waals surface area contributed by atoms with Crippen molar-refractivity contribution in [2.45, 2.75) is 39.0 Å². The van der Waals surface area contributed by atoms with Crippen LogP contribution in [0, 0.1) is 6.92 Å². The van der Waals surface area contributed by atoms with Gasteiger partial charge in [-0.05, 0) is 56.9 Å². The van der Waals surface area contributed by atoms with Gasteiger partial charge in [0.05, 0.1) is 0 Å². The van der Waals surface area contributed by atoms with E-state index in [9.17, 15) is 4.79 Å². The van der Waals surface area contributed by atoms with E-state index in [4.69, 9.17) is 5.11 Å². The number of benzene rings is 1. The fourth-order valence-electron chi connectivity index (χ4n) is 3.31. The number of aliphatic hydroxyl groups excluding tert-OH is 1. The number of hydrogen-bond donors (Lipinski definition) is 2. The number of fused-ring (bicyclic) bond motifs is 1. The summed E-state index contributed by atoms with van der Waals surface area (Å²) in [5, 5.41) is 12.2. The fraction of sp³-hybridized carbons (Fsp3) is 0.421. The lowest BCUT2D eigenvalue weighted by Gasteiger charge is -2.17. The van der Waals surface area contributed by atoms with Gasteiger partial charge in [-0.3, -0.25) is 4.79 Å². The number of ketones is 1. The van der Waals surface area contributed by atoms with Gasteiger partial charge in [-0.15, -0.1) is 0 Å². The van der Waals surface area contributed by atoms with Gasteiger partial charge in [-0.1, -0.05) is 6.07 Å². The maximum Gasteiger partial charge on any atom is 0.164 e. The molecule has 0 bridgehead atoms. The molecule has 1 aliphatic rings. The molecule has 0 spiro atoms. The normalized spacial score (nSPS) is 13.9. The van der Waals surface area contributed by atoms with E-state index in [1.54, 1.807) is 0 Å². The molecule has 2 N–H and O–H groups in total. The fourth-order valence-corrected chi connectivity index (χ4v) is 3.31. The Hall–Kier alpha value is -2.07. The van der Waals surface area contributed by atoms with E-state index in [-0.39, 0.29) is 12.4 Å². The number of rotatable bonds is 6. The van der Waals surface area contributed by atoms with Crippen molar-refractivity contribution < 1.29 is 9.90 Å². The van der Waals surface area contributed by atoms with Crippen LogP contribution in [-0.2, 0) is 6.42 Å². The molecule has 0 saturated heterocycles. The van der Waals surface area contributed by atoms with Gasteiger partial charge in [0.15, 0.2) is 5.78 Å². The number of nitrogens with one attached hydrogen (secondary N) is 1. The molecule has 4 nitrogen and oxygen atoms in total. The zero-order valence-corrected chi connectivity index (χ0v) is 13.6. The van der Waals surface area contributed by atoms with E-state index >= 15 is 0 Å². The van der Waals surface area contributed by atoms with Crippen LogP contribution in [0.5, 0.6) is 0 Å². The Balaban J connectivity index is 1.86. The van der Waals surface area contributed by atoms with Gasteiger partial charge in [0, 0.05) is 47.9 Å². The first kappa shape index (κ1) is 15.8. The monoisotopic (exact) mass is 312 g/mol. The third kappa shape index (κ3) is 3.32. The first-order valence-corrected chi connectivity index (χ1v) is 8.40. The van der Waals surface area contributed by atoms with E-state index in [1.165, 1.54) is 0 Å². The molecule has 0 radical (unpaired) electrons. The van der Waals surface area contributed by atoms with Crippen LogP contribution in [0.15, 0.2) is 30.3 Å². The summed E-state index contributed by atoms with van der Waals surface area (Å²) in [4.78, 5) is 12.1. The van der Waals surface area contributed by atoms with Gasteiger partial charge in [-0.2, -0.15) is 0 Å². The maximum atomic E-state index is 12.1. The summed E-state index contributed by atoms with van der Waals surface area (Å²) in [5.41, 5.74) is 5.34. The Labute approximate surface area is 137 Å². The Morgan fingerprint density at radius 3 is 2.91 bits per heavy atom. The third-order valence-electron chi connectivity index (χ3n) is 4.42. The van der Waals surface area contributed by atoms with Crippen LogP contribution in [-0.4, -0.2) is 28.6 Å². The molecule has 122 valence electrons. The van der Waals surface area contributed by atoms with Gasteiger partial charge < -0.3 is 15.0 Å². The average molecular weight is 312 g/mol. The van der Waals surface area contributed by atoms with Crippen molar-refractivity contribution in [3.05, 3.63) is 47.3 Å². The smallest absolute Gasteiger partial charge is 0.164 e. The highest BCUT2D eigenvalue weighted by atomic mass is 16.2. The predicted molar refractivity (Wildman–Crippen MR) is 92.6 cm³/mol. The number of nitrogens with zero attached hydrogens (tertiary/aromatic N) is 1. The van der Waals surface area contributed by atoms with Crippen molar-refractivity contribution in [2.75, 3.05) is 18.5 Å². The largest absolute Gasteiger partial charge is 0.396 e. The van der Waals surface area contributed by atoms with Crippen LogP contribution in [0.2, 0.25) is 0 Å². The molecule has 0 unspecified atom stereocenters. The van der Waals surface area contributed by atoms with Crippen molar-refractivity contribution in [3.63, 3.8) is 0 Å². The van der Waals surface area contributed by atoms with E-state index in [0.29, 0.717) is 6.42 Å². The zero-order valence-electron chi connectivity index (χ0n) is 13.6. The van der Waals surface area contributed by atoms with E-state index < -0.39 is 0 Å². The van der Waals surface area contributed by atoms with Crippen molar-refractivity contribution in [1.29, 1.82) is 0 Å². The van der Waals surface area contributed by atoms with Gasteiger partial charge >= 0.3 is 0 Å². The number of unbranched alkanes of at least 4 members (excludes halogenated alkanes) is 1. The van der Waals surface area contributed by atoms with Gasteiger partial charge in [0.25, 0.3) is 0 Å². The number of aromatic nitrogens is 1. The molecule has 1 aromatic heterocycles. The molecule has 1 aromatic carbocycles. The number of anilines is 1. The Morgan fingerprint density at radius 1 is 1.22 bits per heavy atom. The molecular formula is C19H24N2O2. The molecule has 4 heteroatoms. The quantitative estimate of drug-likeness (QED) is 0.803. The van der Waals surface area contributed by atoms with Gasteiger partial charge in [0.2, 0.25) is 0 Å². The van der Waals surface area contributed by atoms with Crippen LogP contribution < -0.4 is 5.32 Å². The van der Waals surface area contributed by atoms with Crippen molar-refractivity contribution >= 4 is 11.5 Å². The predicted octanol–water partition coefficient (Wildman–Crippen LogP) is 3.49. The van der Waals surface area contributed by atoms with Crippen LogP contribution >= 0.6 is 0 Å². The molecule has 1 heterocycles. The maximum absolute atomic E-state index is 12.1. The second-order valence-electron chi connectivity index (χ2n) is 6.17. The number of aryl methyl sites for hydroxylation is 1. The average Bonchev–Trinajstić information content (AvgIpc) is 2.89. The highest BCUT2D eigenvalue weighted by molar-refractivity contribution is 5.98. The number of carbonyl (C=O) groups excluding carboxylic acids is 1. The topological polar surface area (TPSA) is 54.3 Å². The number of aliphatic hydroxyl groups is 1. The SMILES string of the molecule is Cc1cc2c(n1-c1cccc(NCCCCO)c1)CCCC2=O. The van der Waals surface area contributed by atoms with Crippen molar-refractivity contribution in [1.82, 2.24) is 4.57 Å². The van der Waals surface area contributed by atoms with Crippen LogP contribution in [0.4, 0.5) is 5.69 Å². The molecule has 0 fully saturated rings. The lowest BCUT2D eigenvalue weighted by Crippen LogP contribution is -2.13. The highest BCUT2D eigenvalue weighted by Crippen LogP contribution is 2.28. The zero-order chi connectivity index (χ0) is 16.2. The minimum atomic E-state index is 0.241. The lowest BCUT2D eigenvalue weighted by molar-refractivity contribution is 0.0972. The minimum absolute atomic E-state index is 0.241. The summed E-state index contributed by atoms with van der Waals surface area (Å²) in [7, 11) is 0. The Bertz CT molecular complexity index is 703. The number of hydrogen-bond acceptors (Lipinski definition) is 3. The van der Waals surface area contributed by atoms with E-state index in [1.807, 2.05) is 12.1 Å². The molecule has 0 aliphatic heterocycles. The molecule has 0 saturated carbocycles. The van der Waals surface area contributed by atoms with E-state index in [0.717, 1.165) is 60.6 Å². The molecule has 0 atom stereocenters. The Morgan fingerprint density at radius 2 is 2.09 bits per heavy atom. The van der Waals surface area contributed by atoms with Crippen LogP contribution in [0.1, 0.15) is 47.4 Å². The minimum Gasteiger partial charge on any atom is -0.396 e. The molecule has 2 aromatic rings. The molecule has 1 aliphatic carbocycles. The van der Waals surface area contributed by atoms with Crippen LogP contribution in [0.25, 0.3) is 5.69 Å². The summed E-state index contributed by atoms with van der Waals surface area (Å²) in [6, 6.07) is 10.3. The lowest BCUT2D eigenvalue weighted by atomic mass is 9.96. The van der Waals surface area contributed by atoms with Crippen molar-refractivity contribution in [3.8, 4) is 5.69 Å². The molecular weight excluding hydrogens is 288 g/mol. The van der Waals surface area contributed by atoms with Gasteiger partial charge in [-0.25, -0.2) is 0 Å². The Kier molecular flexibility index (Phi) is 4.82. The van der Waals surface area contributed by atoms with E-state index in [2.05, 4.69) is 35.0 Å². The molecule has 3 rings (SSSR count). The summed E-state index contributed by atoms with van der Waals surface area (Å²) < 4.78 is 2.21. The first-order chi connectivity index (χ1) is 11.2. The number of carbonyl (C=O) groups is 1. The van der Waals surface area contributed by atoms with Crippen LogP contribution in [0.3, 0.4) is 0 Å². The molecule has 0 amide bonds. The summed E-state index contributed by atoms with van der Waals surface area (Å²) >= 11 is 0. The first-order valence-electron chi connectivity index (χ1n) is 8.40. The second kappa shape index (κ2) is 7.01. The highest BCUT2D eigenvalue weighted by Gasteiger charge is 2.23.